The summed E-state index contributed by atoms with van der Waals surface area (Å²) in [6.45, 7) is 7.93. The number of anilines is 1. The molecule has 1 N–H and O–H groups in total. The van der Waals surface area contributed by atoms with Gasteiger partial charge in [-0.1, -0.05) is 32.3 Å². The molecular weight excluding hydrogens is 370 g/mol. The van der Waals surface area contributed by atoms with Crippen LogP contribution < -0.4 is 10.1 Å². The summed E-state index contributed by atoms with van der Waals surface area (Å²) in [6, 6.07) is 7.43. The zero-order valence-corrected chi connectivity index (χ0v) is 18.2. The summed E-state index contributed by atoms with van der Waals surface area (Å²) < 4.78 is 16.6. The number of benzene rings is 1. The third kappa shape index (κ3) is 9.47. The first-order chi connectivity index (χ1) is 14.1. The van der Waals surface area contributed by atoms with Crippen LogP contribution in [-0.2, 0) is 9.47 Å². The maximum atomic E-state index is 12.4. The summed E-state index contributed by atoms with van der Waals surface area (Å²) in [7, 11) is 3.75. The number of unbranched alkanes of at least 4 members (excludes halogenated alkanes) is 3. The molecule has 7 nitrogen and oxygen atoms in total. The van der Waals surface area contributed by atoms with Crippen LogP contribution in [0.15, 0.2) is 24.3 Å². The molecule has 1 fully saturated rings. The second-order valence-electron chi connectivity index (χ2n) is 7.65. The molecule has 2 rings (SSSR count). The van der Waals surface area contributed by atoms with E-state index in [9.17, 15) is 4.79 Å². The molecule has 1 aromatic carbocycles. The maximum absolute atomic E-state index is 12.4. The molecule has 1 aliphatic rings. The van der Waals surface area contributed by atoms with Crippen molar-refractivity contribution in [3.05, 3.63) is 24.3 Å². The van der Waals surface area contributed by atoms with Gasteiger partial charge in [0.1, 0.15) is 11.9 Å². The highest BCUT2D eigenvalue weighted by Gasteiger charge is 2.21. The van der Waals surface area contributed by atoms with E-state index in [4.69, 9.17) is 14.2 Å². The Bertz CT molecular complexity index is 591. The molecule has 1 aromatic rings. The van der Waals surface area contributed by atoms with Crippen molar-refractivity contribution in [3.63, 3.8) is 0 Å². The highest BCUT2D eigenvalue weighted by atomic mass is 16.6. The van der Waals surface area contributed by atoms with Crippen molar-refractivity contribution in [3.8, 4) is 5.75 Å². The van der Waals surface area contributed by atoms with Gasteiger partial charge in [0.05, 0.1) is 13.2 Å². The van der Waals surface area contributed by atoms with Crippen molar-refractivity contribution in [1.82, 2.24) is 9.80 Å². The molecule has 1 aliphatic heterocycles. The zero-order valence-electron chi connectivity index (χ0n) is 18.2. The number of likely N-dealkylation sites (N-methyl/N-ethyl adjacent to an activating group) is 1. The highest BCUT2D eigenvalue weighted by Crippen LogP contribution is 2.18. The van der Waals surface area contributed by atoms with Gasteiger partial charge in [0, 0.05) is 51.6 Å². The lowest BCUT2D eigenvalue weighted by Crippen LogP contribution is -2.48. The second-order valence-corrected chi connectivity index (χ2v) is 7.65. The van der Waals surface area contributed by atoms with Crippen molar-refractivity contribution < 1.29 is 19.0 Å². The SMILES string of the molecule is CCCCCCOc1cccc(NC(=O)O[C@H](COC)CN2CCN(C)CC2)c1. The van der Waals surface area contributed by atoms with Gasteiger partial charge in [0.15, 0.2) is 0 Å². The summed E-state index contributed by atoms with van der Waals surface area (Å²) >= 11 is 0. The molecule has 7 heteroatoms. The van der Waals surface area contributed by atoms with E-state index in [1.54, 1.807) is 7.11 Å². The first-order valence-electron chi connectivity index (χ1n) is 10.7. The van der Waals surface area contributed by atoms with Gasteiger partial charge in [0.25, 0.3) is 0 Å². The number of hydrogen-bond donors (Lipinski definition) is 1. The fraction of sp³-hybridized carbons (Fsp3) is 0.682. The molecule has 0 unspecified atom stereocenters. The van der Waals surface area contributed by atoms with Gasteiger partial charge < -0.3 is 19.1 Å². The van der Waals surface area contributed by atoms with Crippen molar-refractivity contribution >= 4 is 11.8 Å². The van der Waals surface area contributed by atoms with E-state index in [-0.39, 0.29) is 6.10 Å². The molecule has 1 saturated heterocycles. The lowest BCUT2D eigenvalue weighted by Gasteiger charge is -2.34. The molecule has 164 valence electrons. The molecule has 29 heavy (non-hydrogen) atoms. The van der Waals surface area contributed by atoms with Crippen LogP contribution in [-0.4, -0.2) is 82.1 Å². The number of piperazine rings is 1. The molecule has 1 atom stereocenters. The van der Waals surface area contributed by atoms with Gasteiger partial charge in [-0.25, -0.2) is 4.79 Å². The van der Waals surface area contributed by atoms with Crippen molar-refractivity contribution in [2.24, 2.45) is 0 Å². The Morgan fingerprint density at radius 2 is 1.97 bits per heavy atom. The van der Waals surface area contributed by atoms with E-state index in [0.717, 1.165) is 38.3 Å². The van der Waals surface area contributed by atoms with Crippen molar-refractivity contribution in [2.75, 3.05) is 65.4 Å². The Labute approximate surface area is 175 Å². The Morgan fingerprint density at radius 3 is 2.69 bits per heavy atom. The average molecular weight is 408 g/mol. The van der Waals surface area contributed by atoms with E-state index < -0.39 is 6.09 Å². The van der Waals surface area contributed by atoms with E-state index in [0.29, 0.717) is 25.4 Å². The van der Waals surface area contributed by atoms with Gasteiger partial charge in [-0.05, 0) is 25.6 Å². The van der Waals surface area contributed by atoms with Crippen LogP contribution in [0.2, 0.25) is 0 Å². The number of nitrogens with one attached hydrogen (secondary N) is 1. The number of ether oxygens (including phenoxy) is 3. The molecule has 0 saturated carbocycles. The quantitative estimate of drug-likeness (QED) is 0.536. The molecule has 1 heterocycles. The Kier molecular flexibility index (Phi) is 10.8. The Hall–Kier alpha value is -1.83. The molecule has 1 amide bonds. The minimum Gasteiger partial charge on any atom is -0.494 e. The number of hydrogen-bond acceptors (Lipinski definition) is 6. The van der Waals surface area contributed by atoms with E-state index in [1.165, 1.54) is 19.3 Å². The second kappa shape index (κ2) is 13.4. The van der Waals surface area contributed by atoms with Gasteiger partial charge in [-0.2, -0.15) is 0 Å². The van der Waals surface area contributed by atoms with E-state index >= 15 is 0 Å². The molecule has 0 spiro atoms. The van der Waals surface area contributed by atoms with Crippen LogP contribution in [0, 0.1) is 0 Å². The third-order valence-electron chi connectivity index (χ3n) is 5.03. The summed E-state index contributed by atoms with van der Waals surface area (Å²) in [4.78, 5) is 17.0. The first kappa shape index (κ1) is 23.4. The summed E-state index contributed by atoms with van der Waals surface area (Å²) in [5, 5.41) is 2.80. The lowest BCUT2D eigenvalue weighted by atomic mass is 10.2. The minimum absolute atomic E-state index is 0.304. The smallest absolute Gasteiger partial charge is 0.412 e. The van der Waals surface area contributed by atoms with Crippen LogP contribution in [0.1, 0.15) is 32.6 Å². The number of carbonyl (C=O) groups excluding carboxylic acids is 1. The van der Waals surface area contributed by atoms with Crippen molar-refractivity contribution in [1.29, 1.82) is 0 Å². The van der Waals surface area contributed by atoms with Crippen LogP contribution in [0.5, 0.6) is 5.75 Å². The van der Waals surface area contributed by atoms with Gasteiger partial charge in [-0.15, -0.1) is 0 Å². The highest BCUT2D eigenvalue weighted by molar-refractivity contribution is 5.85. The van der Waals surface area contributed by atoms with Crippen LogP contribution >= 0.6 is 0 Å². The van der Waals surface area contributed by atoms with E-state index in [2.05, 4.69) is 29.1 Å². The summed E-state index contributed by atoms with van der Waals surface area (Å²) in [5.74, 6) is 0.755. The maximum Gasteiger partial charge on any atom is 0.412 e. The van der Waals surface area contributed by atoms with Crippen LogP contribution in [0.4, 0.5) is 10.5 Å². The number of carbonyl (C=O) groups is 1. The zero-order chi connectivity index (χ0) is 20.9. The Morgan fingerprint density at radius 1 is 1.17 bits per heavy atom. The standard InChI is InChI=1S/C22H37N3O4/c1-4-5-6-7-15-28-20-10-8-9-19(16-20)23-22(26)29-21(18-27-3)17-25-13-11-24(2)12-14-25/h8-10,16,21H,4-7,11-15,17-18H2,1-3H3,(H,23,26)/t21-/m0/s1. The predicted octanol–water partition coefficient (Wildman–Crippen LogP) is 3.46. The molecule has 0 radical (unpaired) electrons. The summed E-state index contributed by atoms with van der Waals surface area (Å²) in [6.07, 6.45) is 3.88. The normalized spacial score (nSPS) is 16.4. The number of amides is 1. The minimum atomic E-state index is -0.471. The van der Waals surface area contributed by atoms with Crippen LogP contribution in [0.3, 0.4) is 0 Å². The third-order valence-corrected chi connectivity index (χ3v) is 5.03. The van der Waals surface area contributed by atoms with Gasteiger partial charge in [-0.3, -0.25) is 10.2 Å². The van der Waals surface area contributed by atoms with Crippen molar-refractivity contribution in [2.45, 2.75) is 38.7 Å². The molecule has 0 aliphatic carbocycles. The number of nitrogens with zero attached hydrogens (tertiary/aromatic N) is 2. The monoisotopic (exact) mass is 407 g/mol. The topological polar surface area (TPSA) is 63.3 Å². The fourth-order valence-corrected chi connectivity index (χ4v) is 3.31. The number of rotatable bonds is 12. The molecular formula is C22H37N3O4. The molecule has 0 aromatic heterocycles. The molecule has 0 bridgehead atoms. The number of methoxy groups -OCH3 is 1. The summed E-state index contributed by atoms with van der Waals surface area (Å²) in [5.41, 5.74) is 0.664. The predicted molar refractivity (Wildman–Crippen MR) is 116 cm³/mol. The van der Waals surface area contributed by atoms with Gasteiger partial charge >= 0.3 is 6.09 Å². The van der Waals surface area contributed by atoms with Gasteiger partial charge in [0.2, 0.25) is 0 Å². The fourth-order valence-electron chi connectivity index (χ4n) is 3.31. The Balaban J connectivity index is 1.78. The average Bonchev–Trinajstić information content (AvgIpc) is 2.70. The lowest BCUT2D eigenvalue weighted by molar-refractivity contribution is 0.0157. The van der Waals surface area contributed by atoms with E-state index in [1.807, 2.05) is 24.3 Å². The van der Waals surface area contributed by atoms with Crippen LogP contribution in [0.25, 0.3) is 0 Å². The largest absolute Gasteiger partial charge is 0.494 e. The first-order valence-corrected chi connectivity index (χ1v) is 10.7.